The number of nitrogens with zero attached hydrogens (tertiary/aromatic N) is 5. The topological polar surface area (TPSA) is 149 Å². The molecule has 4 aromatic rings. The average molecular weight is 516 g/mol. The quantitative estimate of drug-likeness (QED) is 0.363. The van der Waals surface area contributed by atoms with Crippen LogP contribution in [0.15, 0.2) is 59.7 Å². The number of carbonyl (C=O) groups is 1. The zero-order valence-corrected chi connectivity index (χ0v) is 20.5. The first kappa shape index (κ1) is 24.2. The van der Waals surface area contributed by atoms with E-state index in [9.17, 15) is 14.9 Å². The minimum atomic E-state index is -0.539. The first-order chi connectivity index (χ1) is 17.9. The second-order valence-corrected chi connectivity index (χ2v) is 9.17. The molecule has 5 rings (SSSR count). The Morgan fingerprint density at radius 3 is 2.70 bits per heavy atom. The molecule has 0 amide bonds. The van der Waals surface area contributed by atoms with Gasteiger partial charge in [-0.2, -0.15) is 5.26 Å². The van der Waals surface area contributed by atoms with Crippen molar-refractivity contribution < 1.29 is 9.53 Å². The van der Waals surface area contributed by atoms with Crippen molar-refractivity contribution in [2.45, 2.75) is 38.0 Å². The Balaban J connectivity index is 1.47. The molecular formula is C26H22ClN7O3. The number of nitrogens with one attached hydrogen (secondary N) is 1. The standard InChI is InChI=1S/C26H22ClN7O3/c1-14(32-23-18(12-28)22(29)30-13-31-23)24-33-20-9-5-8-19(27)21(20)25(35)34(24)16-10-17(11-16)37-26(36)15-6-3-2-4-7-15/h2-9,13-14,16-17H,10-11H2,1H3,(H3,29,30,31,32)/t14-,16-,17-/m0/s1. The summed E-state index contributed by atoms with van der Waals surface area (Å²) in [5.41, 5.74) is 6.56. The molecule has 0 bridgehead atoms. The molecular weight excluding hydrogens is 494 g/mol. The number of ether oxygens (including phenoxy) is 1. The summed E-state index contributed by atoms with van der Waals surface area (Å²) in [5.74, 6) is 0.304. The second kappa shape index (κ2) is 9.87. The number of esters is 1. The number of halogens is 1. The normalized spacial score (nSPS) is 17.4. The van der Waals surface area contributed by atoms with Gasteiger partial charge >= 0.3 is 5.97 Å². The first-order valence-corrected chi connectivity index (χ1v) is 12.0. The summed E-state index contributed by atoms with van der Waals surface area (Å²) in [6.07, 6.45) is 1.80. The molecule has 1 fully saturated rings. The molecule has 3 N–H and O–H groups in total. The predicted molar refractivity (Wildman–Crippen MR) is 138 cm³/mol. The minimum Gasteiger partial charge on any atom is -0.459 e. The summed E-state index contributed by atoms with van der Waals surface area (Å²) in [6, 6.07) is 15.0. The number of nitrogen functional groups attached to an aromatic ring is 1. The van der Waals surface area contributed by atoms with Gasteiger partial charge in [0.2, 0.25) is 0 Å². The third kappa shape index (κ3) is 4.57. The summed E-state index contributed by atoms with van der Waals surface area (Å²) in [7, 11) is 0. The molecule has 1 aliphatic carbocycles. The zero-order chi connectivity index (χ0) is 26.1. The van der Waals surface area contributed by atoms with Crippen molar-refractivity contribution in [2.24, 2.45) is 0 Å². The van der Waals surface area contributed by atoms with Crippen LogP contribution in [0.3, 0.4) is 0 Å². The highest BCUT2D eigenvalue weighted by Crippen LogP contribution is 2.37. The molecule has 0 aliphatic heterocycles. The summed E-state index contributed by atoms with van der Waals surface area (Å²) in [5, 5.41) is 13.3. The Kier molecular flexibility index (Phi) is 6.46. The third-order valence-corrected chi connectivity index (χ3v) is 6.67. The smallest absolute Gasteiger partial charge is 0.338 e. The Bertz CT molecular complexity index is 1590. The van der Waals surface area contributed by atoms with Gasteiger partial charge in [-0.25, -0.2) is 19.7 Å². The van der Waals surface area contributed by atoms with E-state index >= 15 is 0 Å². The fraction of sp³-hybridized carbons (Fsp3) is 0.231. The number of carbonyl (C=O) groups excluding carboxylic acids is 1. The number of fused-ring (bicyclic) bond motifs is 1. The molecule has 1 atom stereocenters. The van der Waals surface area contributed by atoms with Gasteiger partial charge in [0, 0.05) is 18.9 Å². The van der Waals surface area contributed by atoms with Crippen molar-refractivity contribution in [1.29, 1.82) is 5.26 Å². The van der Waals surface area contributed by atoms with Crippen molar-refractivity contribution in [3.05, 3.63) is 87.2 Å². The molecule has 0 saturated heterocycles. The van der Waals surface area contributed by atoms with Gasteiger partial charge in [0.05, 0.1) is 27.5 Å². The Labute approximate surface area is 216 Å². The van der Waals surface area contributed by atoms with Crippen molar-refractivity contribution in [3.8, 4) is 6.07 Å². The van der Waals surface area contributed by atoms with Crippen LogP contribution in [-0.4, -0.2) is 31.6 Å². The average Bonchev–Trinajstić information content (AvgIpc) is 2.87. The van der Waals surface area contributed by atoms with Crippen molar-refractivity contribution in [1.82, 2.24) is 19.5 Å². The van der Waals surface area contributed by atoms with Crippen LogP contribution >= 0.6 is 11.6 Å². The highest BCUT2D eigenvalue weighted by atomic mass is 35.5. The summed E-state index contributed by atoms with van der Waals surface area (Å²) < 4.78 is 7.22. The molecule has 186 valence electrons. The molecule has 0 spiro atoms. The first-order valence-electron chi connectivity index (χ1n) is 11.6. The molecule has 2 heterocycles. The SMILES string of the molecule is C[C@H](Nc1ncnc(N)c1C#N)c1nc2cccc(Cl)c2c(=O)n1[C@H]1C[C@H](OC(=O)c2ccccc2)C1. The maximum Gasteiger partial charge on any atom is 0.338 e. The number of benzene rings is 2. The van der Waals surface area contributed by atoms with Gasteiger partial charge in [0.15, 0.2) is 0 Å². The lowest BCUT2D eigenvalue weighted by Crippen LogP contribution is -2.42. The number of rotatable bonds is 6. The van der Waals surface area contributed by atoms with Gasteiger partial charge in [-0.3, -0.25) is 9.36 Å². The van der Waals surface area contributed by atoms with Gasteiger partial charge in [-0.15, -0.1) is 0 Å². The van der Waals surface area contributed by atoms with Crippen molar-refractivity contribution >= 4 is 40.1 Å². The lowest BCUT2D eigenvalue weighted by atomic mass is 9.88. The van der Waals surface area contributed by atoms with Gasteiger partial charge in [0.25, 0.3) is 5.56 Å². The lowest BCUT2D eigenvalue weighted by Gasteiger charge is -2.37. The van der Waals surface area contributed by atoms with Gasteiger partial charge < -0.3 is 15.8 Å². The molecule has 11 heteroatoms. The number of hydrogen-bond acceptors (Lipinski definition) is 9. The van der Waals surface area contributed by atoms with Crippen molar-refractivity contribution in [3.63, 3.8) is 0 Å². The maximum atomic E-state index is 13.7. The van der Waals surface area contributed by atoms with E-state index in [1.807, 2.05) is 12.1 Å². The molecule has 1 saturated carbocycles. The van der Waals surface area contributed by atoms with E-state index in [1.54, 1.807) is 54.0 Å². The van der Waals surface area contributed by atoms with Gasteiger partial charge in [-0.05, 0) is 31.2 Å². The Hall–Kier alpha value is -4.49. The largest absolute Gasteiger partial charge is 0.459 e. The Morgan fingerprint density at radius 2 is 1.97 bits per heavy atom. The van der Waals surface area contributed by atoms with E-state index in [-0.39, 0.29) is 34.9 Å². The van der Waals surface area contributed by atoms with Crippen LogP contribution in [0.1, 0.15) is 53.6 Å². The van der Waals surface area contributed by atoms with Crippen LogP contribution in [-0.2, 0) is 4.74 Å². The highest BCUT2D eigenvalue weighted by Gasteiger charge is 2.37. The van der Waals surface area contributed by atoms with Crippen LogP contribution in [0.2, 0.25) is 5.02 Å². The van der Waals surface area contributed by atoms with E-state index in [4.69, 9.17) is 27.1 Å². The van der Waals surface area contributed by atoms with E-state index in [0.29, 0.717) is 40.2 Å². The van der Waals surface area contributed by atoms with E-state index in [2.05, 4.69) is 15.3 Å². The van der Waals surface area contributed by atoms with Crippen LogP contribution in [0, 0.1) is 11.3 Å². The van der Waals surface area contributed by atoms with Gasteiger partial charge in [-0.1, -0.05) is 35.9 Å². The van der Waals surface area contributed by atoms with Crippen molar-refractivity contribution in [2.75, 3.05) is 11.1 Å². The van der Waals surface area contributed by atoms with E-state index in [0.717, 1.165) is 0 Å². The molecule has 2 aromatic heterocycles. The molecule has 37 heavy (non-hydrogen) atoms. The molecule has 2 aromatic carbocycles. The number of aromatic nitrogens is 4. The fourth-order valence-electron chi connectivity index (χ4n) is 4.40. The second-order valence-electron chi connectivity index (χ2n) is 8.76. The molecule has 10 nitrogen and oxygen atoms in total. The zero-order valence-electron chi connectivity index (χ0n) is 19.8. The fourth-order valence-corrected chi connectivity index (χ4v) is 4.66. The Morgan fingerprint density at radius 1 is 1.22 bits per heavy atom. The molecule has 0 radical (unpaired) electrons. The van der Waals surface area contributed by atoms with Crippen LogP contribution in [0.5, 0.6) is 0 Å². The van der Waals surface area contributed by atoms with Crippen LogP contribution in [0.25, 0.3) is 10.9 Å². The number of nitriles is 1. The lowest BCUT2D eigenvalue weighted by molar-refractivity contribution is -0.00915. The minimum absolute atomic E-state index is 0.0462. The van der Waals surface area contributed by atoms with Crippen LogP contribution in [0.4, 0.5) is 11.6 Å². The monoisotopic (exact) mass is 515 g/mol. The number of nitrogens with two attached hydrogens (primary N) is 1. The molecule has 1 aliphatic rings. The van der Waals surface area contributed by atoms with E-state index in [1.165, 1.54) is 6.33 Å². The summed E-state index contributed by atoms with van der Waals surface area (Å²) in [4.78, 5) is 38.9. The summed E-state index contributed by atoms with van der Waals surface area (Å²) >= 11 is 6.38. The number of hydrogen-bond donors (Lipinski definition) is 2. The molecule has 0 unspecified atom stereocenters. The van der Waals surface area contributed by atoms with E-state index < -0.39 is 12.0 Å². The third-order valence-electron chi connectivity index (χ3n) is 6.35. The van der Waals surface area contributed by atoms with Gasteiger partial charge in [0.1, 0.15) is 41.5 Å². The summed E-state index contributed by atoms with van der Waals surface area (Å²) in [6.45, 7) is 1.81. The number of anilines is 2. The maximum absolute atomic E-state index is 13.7. The highest BCUT2D eigenvalue weighted by molar-refractivity contribution is 6.35. The predicted octanol–water partition coefficient (Wildman–Crippen LogP) is 4.03. The van der Waals surface area contributed by atoms with Crippen LogP contribution < -0.4 is 16.6 Å².